The van der Waals surface area contributed by atoms with Gasteiger partial charge in [-0.15, -0.1) is 11.3 Å². The van der Waals surface area contributed by atoms with Crippen molar-refractivity contribution in [3.05, 3.63) is 197 Å². The first kappa shape index (κ1) is 33.4. The monoisotopic (exact) mass is 703 g/mol. The van der Waals surface area contributed by atoms with E-state index in [0.29, 0.717) is 0 Å². The molecule has 260 valence electrons. The van der Waals surface area contributed by atoms with Crippen molar-refractivity contribution in [3.63, 3.8) is 0 Å². The molecule has 1 nitrogen and oxygen atoms in total. The molecule has 1 heterocycles. The Morgan fingerprint density at radius 2 is 0.981 bits per heavy atom. The summed E-state index contributed by atoms with van der Waals surface area (Å²) < 4.78 is 2.64. The molecule has 2 heteroatoms. The molecule has 8 aromatic rings. The van der Waals surface area contributed by atoms with Crippen LogP contribution in [0, 0.1) is 0 Å². The first-order valence-corrected chi connectivity index (χ1v) is 19.6. The number of benzene rings is 7. The number of hydrogen-bond donors (Lipinski definition) is 0. The smallest absolute Gasteiger partial charge is 0.0714 e. The molecule has 0 saturated heterocycles. The topological polar surface area (TPSA) is 3.24 Å². The number of anilines is 3. The van der Waals surface area contributed by atoms with Crippen LogP contribution < -0.4 is 4.90 Å². The summed E-state index contributed by atoms with van der Waals surface area (Å²) in [6.45, 7) is 13.7. The molecular formula is C51H45NS. The standard InChI is InChI=1S/C51H45NS/c1-49(2,3)34-25-29-38(30-26-34)52(39-31-27-35(28-32-39)50(4,5)6)44-33-43-46(48-47(44)41-22-14-16-24-45(41)53-48)40-21-13-15-23-42(40)51(43,36-17-9-7-10-18-36)37-19-11-8-12-20-37/h7-33H,1-6H3. The molecule has 53 heavy (non-hydrogen) atoms. The number of hydrogen-bond acceptors (Lipinski definition) is 2. The highest BCUT2D eigenvalue weighted by atomic mass is 32.1. The molecule has 0 unspecified atom stereocenters. The van der Waals surface area contributed by atoms with Crippen molar-refractivity contribution in [2.45, 2.75) is 57.8 Å². The summed E-state index contributed by atoms with van der Waals surface area (Å²) in [7, 11) is 0. The summed E-state index contributed by atoms with van der Waals surface area (Å²) in [5.41, 5.74) is 13.6. The van der Waals surface area contributed by atoms with Crippen molar-refractivity contribution in [2.24, 2.45) is 0 Å². The van der Waals surface area contributed by atoms with Gasteiger partial charge < -0.3 is 4.90 Å². The second-order valence-electron chi connectivity index (χ2n) is 16.6. The molecule has 0 radical (unpaired) electrons. The summed E-state index contributed by atoms with van der Waals surface area (Å²) in [5.74, 6) is 0. The average molecular weight is 704 g/mol. The lowest BCUT2D eigenvalue weighted by Crippen LogP contribution is -2.28. The predicted octanol–water partition coefficient (Wildman–Crippen LogP) is 14.5. The number of rotatable bonds is 5. The van der Waals surface area contributed by atoms with Crippen LogP contribution in [0.1, 0.15) is 74.9 Å². The summed E-state index contributed by atoms with van der Waals surface area (Å²) in [5, 5.41) is 2.60. The molecule has 0 amide bonds. The lowest BCUT2D eigenvalue weighted by atomic mass is 9.67. The van der Waals surface area contributed by atoms with Crippen molar-refractivity contribution in [2.75, 3.05) is 4.90 Å². The van der Waals surface area contributed by atoms with E-state index in [2.05, 4.69) is 210 Å². The SMILES string of the molecule is CC(C)(C)c1ccc(N(c2ccc(C(C)(C)C)cc2)c2cc3c(c4sc5ccccc5c24)-c2ccccc2C3(c2ccccc2)c2ccccc2)cc1. The molecule has 1 aliphatic carbocycles. The number of nitrogens with zero attached hydrogens (tertiary/aromatic N) is 1. The zero-order valence-electron chi connectivity index (χ0n) is 31.4. The van der Waals surface area contributed by atoms with E-state index in [-0.39, 0.29) is 10.8 Å². The van der Waals surface area contributed by atoms with E-state index in [1.807, 2.05) is 11.3 Å². The van der Waals surface area contributed by atoms with E-state index in [1.165, 1.54) is 70.4 Å². The lowest BCUT2D eigenvalue weighted by Gasteiger charge is -2.35. The first-order chi connectivity index (χ1) is 25.6. The van der Waals surface area contributed by atoms with Crippen LogP contribution in [-0.2, 0) is 16.2 Å². The Bertz CT molecular complexity index is 2500. The van der Waals surface area contributed by atoms with Crippen LogP contribution in [0.4, 0.5) is 17.1 Å². The molecule has 0 fully saturated rings. The van der Waals surface area contributed by atoms with Gasteiger partial charge in [-0.05, 0) is 86.2 Å². The van der Waals surface area contributed by atoms with Crippen molar-refractivity contribution >= 4 is 48.6 Å². The zero-order chi connectivity index (χ0) is 36.5. The van der Waals surface area contributed by atoms with Crippen LogP contribution >= 0.6 is 11.3 Å². The van der Waals surface area contributed by atoms with Crippen LogP contribution in [0.15, 0.2) is 164 Å². The van der Waals surface area contributed by atoms with Crippen molar-refractivity contribution in [1.29, 1.82) is 0 Å². The van der Waals surface area contributed by atoms with E-state index in [1.54, 1.807) is 0 Å². The quantitative estimate of drug-likeness (QED) is 0.172. The second-order valence-corrected chi connectivity index (χ2v) is 17.6. The Labute approximate surface area is 318 Å². The molecule has 1 aromatic heterocycles. The van der Waals surface area contributed by atoms with E-state index in [4.69, 9.17) is 0 Å². The second kappa shape index (κ2) is 12.3. The normalized spacial score (nSPS) is 13.6. The van der Waals surface area contributed by atoms with Crippen molar-refractivity contribution < 1.29 is 0 Å². The summed E-state index contributed by atoms with van der Waals surface area (Å²) in [6, 6.07) is 61.5. The van der Waals surface area contributed by atoms with Crippen LogP contribution in [0.5, 0.6) is 0 Å². The van der Waals surface area contributed by atoms with Crippen LogP contribution in [0.3, 0.4) is 0 Å². The summed E-state index contributed by atoms with van der Waals surface area (Å²) >= 11 is 1.93. The summed E-state index contributed by atoms with van der Waals surface area (Å²) in [4.78, 5) is 2.52. The molecule has 0 spiro atoms. The predicted molar refractivity (Wildman–Crippen MR) is 229 cm³/mol. The highest BCUT2D eigenvalue weighted by Gasteiger charge is 2.47. The van der Waals surface area contributed by atoms with E-state index in [9.17, 15) is 0 Å². The fourth-order valence-corrected chi connectivity index (χ4v) is 9.89. The zero-order valence-corrected chi connectivity index (χ0v) is 32.3. The Morgan fingerprint density at radius 1 is 0.491 bits per heavy atom. The van der Waals surface area contributed by atoms with Crippen molar-refractivity contribution in [3.8, 4) is 11.1 Å². The molecular weight excluding hydrogens is 659 g/mol. The van der Waals surface area contributed by atoms with Gasteiger partial charge in [0.15, 0.2) is 0 Å². The van der Waals surface area contributed by atoms with Crippen molar-refractivity contribution in [1.82, 2.24) is 0 Å². The van der Waals surface area contributed by atoms with E-state index >= 15 is 0 Å². The van der Waals surface area contributed by atoms with Gasteiger partial charge >= 0.3 is 0 Å². The van der Waals surface area contributed by atoms with Gasteiger partial charge in [0, 0.05) is 37.1 Å². The van der Waals surface area contributed by atoms with E-state index < -0.39 is 5.41 Å². The summed E-state index contributed by atoms with van der Waals surface area (Å²) in [6.07, 6.45) is 0. The molecule has 0 atom stereocenters. The maximum Gasteiger partial charge on any atom is 0.0714 e. The van der Waals surface area contributed by atoms with Gasteiger partial charge in [0.25, 0.3) is 0 Å². The highest BCUT2D eigenvalue weighted by molar-refractivity contribution is 7.26. The minimum atomic E-state index is -0.509. The van der Waals surface area contributed by atoms with Gasteiger partial charge in [-0.1, -0.05) is 169 Å². The molecule has 0 saturated carbocycles. The van der Waals surface area contributed by atoms with Gasteiger partial charge in [0.05, 0.1) is 11.1 Å². The highest BCUT2D eigenvalue weighted by Crippen LogP contribution is 2.61. The molecule has 1 aliphatic rings. The third-order valence-electron chi connectivity index (χ3n) is 11.3. The lowest BCUT2D eigenvalue weighted by molar-refractivity contribution is 0.590. The minimum Gasteiger partial charge on any atom is -0.310 e. The van der Waals surface area contributed by atoms with Gasteiger partial charge in [-0.25, -0.2) is 0 Å². The maximum absolute atomic E-state index is 2.55. The number of fused-ring (bicyclic) bond motifs is 7. The average Bonchev–Trinajstić information content (AvgIpc) is 3.70. The van der Waals surface area contributed by atoms with Gasteiger partial charge in [0.2, 0.25) is 0 Å². The fourth-order valence-electron chi connectivity index (χ4n) is 8.61. The van der Waals surface area contributed by atoms with Gasteiger partial charge in [-0.3, -0.25) is 0 Å². The molecule has 7 aromatic carbocycles. The van der Waals surface area contributed by atoms with Gasteiger partial charge in [0.1, 0.15) is 0 Å². The maximum atomic E-state index is 2.55. The third-order valence-corrected chi connectivity index (χ3v) is 12.5. The fraction of sp³-hybridized carbons (Fsp3) is 0.176. The Kier molecular flexibility index (Phi) is 7.77. The molecule has 0 N–H and O–H groups in total. The first-order valence-electron chi connectivity index (χ1n) is 18.8. The molecule has 9 rings (SSSR count). The van der Waals surface area contributed by atoms with Crippen LogP contribution in [-0.4, -0.2) is 0 Å². The largest absolute Gasteiger partial charge is 0.310 e. The van der Waals surface area contributed by atoms with Gasteiger partial charge in [-0.2, -0.15) is 0 Å². The Balaban J connectivity index is 1.44. The number of thiophene rings is 1. The third kappa shape index (κ3) is 5.26. The Hall–Kier alpha value is -5.44. The minimum absolute atomic E-state index is 0.0544. The Morgan fingerprint density at radius 3 is 1.53 bits per heavy atom. The molecule has 0 bridgehead atoms. The van der Waals surface area contributed by atoms with Crippen LogP contribution in [0.2, 0.25) is 0 Å². The van der Waals surface area contributed by atoms with Crippen LogP contribution in [0.25, 0.3) is 31.3 Å². The van der Waals surface area contributed by atoms with E-state index in [0.717, 1.165) is 11.4 Å². The molecule has 0 aliphatic heterocycles.